The van der Waals surface area contributed by atoms with Gasteiger partial charge in [0.2, 0.25) is 5.88 Å². The highest BCUT2D eigenvalue weighted by Crippen LogP contribution is 2.27. The van der Waals surface area contributed by atoms with Crippen LogP contribution in [0.2, 0.25) is 0 Å². The Morgan fingerprint density at radius 3 is 2.54 bits per heavy atom. The molecule has 8 heteroatoms. The fraction of sp³-hybridized carbons (Fsp3) is 0.389. The average molecular weight is 355 g/mol. The van der Waals surface area contributed by atoms with Crippen molar-refractivity contribution in [2.45, 2.75) is 26.8 Å². The van der Waals surface area contributed by atoms with Gasteiger partial charge in [0.05, 0.1) is 25.5 Å². The third-order valence-corrected chi connectivity index (χ3v) is 4.21. The van der Waals surface area contributed by atoms with Gasteiger partial charge in [0.1, 0.15) is 23.2 Å². The number of methoxy groups -OCH3 is 2. The highest BCUT2D eigenvalue weighted by molar-refractivity contribution is 5.87. The molecule has 0 amide bonds. The van der Waals surface area contributed by atoms with Crippen molar-refractivity contribution in [3.05, 3.63) is 40.2 Å². The first kappa shape index (κ1) is 17.9. The van der Waals surface area contributed by atoms with Crippen molar-refractivity contribution < 1.29 is 9.47 Å². The van der Waals surface area contributed by atoms with Crippen molar-refractivity contribution in [1.29, 1.82) is 0 Å². The van der Waals surface area contributed by atoms with E-state index in [0.717, 1.165) is 11.3 Å². The first-order valence-corrected chi connectivity index (χ1v) is 8.22. The van der Waals surface area contributed by atoms with Gasteiger partial charge in [-0.1, -0.05) is 0 Å². The molecule has 1 atom stereocenters. The Morgan fingerprint density at radius 1 is 1.12 bits per heavy atom. The largest absolute Gasteiger partial charge is 0.481 e. The number of hydrogen-bond donors (Lipinski definition) is 0. The van der Waals surface area contributed by atoms with E-state index < -0.39 is 0 Å². The molecule has 0 aliphatic carbocycles. The number of nitrogens with zero attached hydrogens (tertiary/aromatic N) is 5. The summed E-state index contributed by atoms with van der Waals surface area (Å²) >= 11 is 0. The minimum absolute atomic E-state index is 0.184. The van der Waals surface area contributed by atoms with Crippen LogP contribution in [0, 0.1) is 13.8 Å². The van der Waals surface area contributed by atoms with E-state index in [4.69, 9.17) is 9.47 Å². The quantitative estimate of drug-likeness (QED) is 0.692. The zero-order valence-electron chi connectivity index (χ0n) is 15.5. The van der Waals surface area contributed by atoms with Crippen molar-refractivity contribution in [3.63, 3.8) is 0 Å². The lowest BCUT2D eigenvalue weighted by Crippen LogP contribution is -2.29. The van der Waals surface area contributed by atoms with Gasteiger partial charge in [-0.05, 0) is 26.8 Å². The second-order valence-corrected chi connectivity index (χ2v) is 6.06. The molecule has 3 aromatic rings. The summed E-state index contributed by atoms with van der Waals surface area (Å²) in [6, 6.07) is 3.47. The van der Waals surface area contributed by atoms with Crippen LogP contribution in [0.4, 0.5) is 0 Å². The number of hydrogen-bond acceptors (Lipinski definition) is 7. The smallest absolute Gasteiger partial charge is 0.273 e. The van der Waals surface area contributed by atoms with Gasteiger partial charge in [0.15, 0.2) is 5.65 Å². The molecule has 1 unspecified atom stereocenters. The van der Waals surface area contributed by atoms with Crippen LogP contribution in [0.15, 0.2) is 23.3 Å². The Labute approximate surface area is 150 Å². The standard InChI is InChI=1S/C18H21N5O3/c1-10(8-25-4)23-17-16(22-12(3)18(23)24)15(19-9-20-17)13-6-7-14(26-5)21-11(13)2/h6-7,9-10H,8H2,1-5H3. The van der Waals surface area contributed by atoms with E-state index in [-0.39, 0.29) is 11.6 Å². The van der Waals surface area contributed by atoms with Crippen LogP contribution in [-0.4, -0.2) is 45.3 Å². The topological polar surface area (TPSA) is 92.0 Å². The lowest BCUT2D eigenvalue weighted by Gasteiger charge is -2.18. The minimum Gasteiger partial charge on any atom is -0.481 e. The molecular weight excluding hydrogens is 334 g/mol. The number of aryl methyl sites for hydroxylation is 2. The van der Waals surface area contributed by atoms with Crippen LogP contribution in [0.25, 0.3) is 22.4 Å². The molecule has 0 spiro atoms. The minimum atomic E-state index is -0.186. The highest BCUT2D eigenvalue weighted by Gasteiger charge is 2.19. The summed E-state index contributed by atoms with van der Waals surface area (Å²) < 4.78 is 12.0. The normalized spacial score (nSPS) is 12.3. The van der Waals surface area contributed by atoms with Crippen LogP contribution in [-0.2, 0) is 4.74 Å². The summed E-state index contributed by atoms with van der Waals surface area (Å²) in [6.45, 7) is 5.86. The maximum absolute atomic E-state index is 12.7. The van der Waals surface area contributed by atoms with Crippen molar-refractivity contribution in [2.24, 2.45) is 0 Å². The van der Waals surface area contributed by atoms with E-state index in [1.165, 1.54) is 6.33 Å². The fourth-order valence-electron chi connectivity index (χ4n) is 2.96. The lowest BCUT2D eigenvalue weighted by atomic mass is 10.1. The molecule has 0 fully saturated rings. The third-order valence-electron chi connectivity index (χ3n) is 4.21. The fourth-order valence-corrected chi connectivity index (χ4v) is 2.96. The van der Waals surface area contributed by atoms with Crippen LogP contribution in [0.5, 0.6) is 5.88 Å². The highest BCUT2D eigenvalue weighted by atomic mass is 16.5. The first-order valence-electron chi connectivity index (χ1n) is 8.22. The van der Waals surface area contributed by atoms with E-state index in [9.17, 15) is 4.79 Å². The number of fused-ring (bicyclic) bond motifs is 1. The number of rotatable bonds is 5. The average Bonchev–Trinajstić information content (AvgIpc) is 2.62. The Balaban J connectivity index is 2.31. The molecule has 0 bridgehead atoms. The molecule has 0 aliphatic rings. The third kappa shape index (κ3) is 3.03. The first-order chi connectivity index (χ1) is 12.5. The molecule has 3 rings (SSSR count). The number of ether oxygens (including phenoxy) is 2. The van der Waals surface area contributed by atoms with Crippen molar-refractivity contribution in [3.8, 4) is 17.1 Å². The van der Waals surface area contributed by atoms with Gasteiger partial charge in [-0.2, -0.15) is 0 Å². The Morgan fingerprint density at radius 2 is 1.88 bits per heavy atom. The predicted octanol–water partition coefficient (Wildman–Crippen LogP) is 2.08. The van der Waals surface area contributed by atoms with Gasteiger partial charge in [-0.3, -0.25) is 9.36 Å². The molecule has 3 heterocycles. The monoisotopic (exact) mass is 355 g/mol. The molecule has 0 N–H and O–H groups in total. The van der Waals surface area contributed by atoms with Gasteiger partial charge >= 0.3 is 0 Å². The summed E-state index contributed by atoms with van der Waals surface area (Å²) in [5, 5.41) is 0. The summed E-state index contributed by atoms with van der Waals surface area (Å²) in [5.74, 6) is 0.527. The van der Waals surface area contributed by atoms with Crippen molar-refractivity contribution in [2.75, 3.05) is 20.8 Å². The second-order valence-electron chi connectivity index (χ2n) is 6.06. The van der Waals surface area contributed by atoms with Gasteiger partial charge in [-0.15, -0.1) is 0 Å². The molecule has 0 aromatic carbocycles. The van der Waals surface area contributed by atoms with E-state index >= 15 is 0 Å². The number of pyridine rings is 1. The van der Waals surface area contributed by atoms with Gasteiger partial charge in [0, 0.05) is 18.7 Å². The van der Waals surface area contributed by atoms with E-state index in [1.807, 2.05) is 19.9 Å². The molecule has 0 aliphatic heterocycles. The van der Waals surface area contributed by atoms with Crippen molar-refractivity contribution >= 4 is 11.2 Å². The van der Waals surface area contributed by atoms with E-state index in [0.29, 0.717) is 35.0 Å². The summed E-state index contributed by atoms with van der Waals surface area (Å²) in [4.78, 5) is 30.3. The molecule has 8 nitrogen and oxygen atoms in total. The van der Waals surface area contributed by atoms with E-state index in [1.54, 1.807) is 31.8 Å². The maximum atomic E-state index is 12.7. The molecule has 136 valence electrons. The SMILES string of the molecule is COCC(C)n1c(=O)c(C)nc2c(-c3ccc(OC)nc3C)ncnc21. The Kier molecular flexibility index (Phi) is 4.94. The summed E-state index contributed by atoms with van der Waals surface area (Å²) in [6.07, 6.45) is 1.44. The van der Waals surface area contributed by atoms with Gasteiger partial charge in [-0.25, -0.2) is 19.9 Å². The van der Waals surface area contributed by atoms with Gasteiger partial charge < -0.3 is 9.47 Å². The molecule has 3 aromatic heterocycles. The van der Waals surface area contributed by atoms with Gasteiger partial charge in [0.25, 0.3) is 5.56 Å². The summed E-state index contributed by atoms with van der Waals surface area (Å²) in [5.41, 5.74) is 3.44. The molecule has 0 saturated carbocycles. The van der Waals surface area contributed by atoms with Crippen LogP contribution < -0.4 is 10.3 Å². The molecular formula is C18H21N5O3. The molecule has 26 heavy (non-hydrogen) atoms. The maximum Gasteiger partial charge on any atom is 0.273 e. The molecule has 0 saturated heterocycles. The van der Waals surface area contributed by atoms with Crippen LogP contribution in [0.1, 0.15) is 24.4 Å². The van der Waals surface area contributed by atoms with E-state index in [2.05, 4.69) is 19.9 Å². The summed E-state index contributed by atoms with van der Waals surface area (Å²) in [7, 11) is 3.17. The second kappa shape index (κ2) is 7.17. The zero-order chi connectivity index (χ0) is 18.8. The van der Waals surface area contributed by atoms with Crippen LogP contribution in [0.3, 0.4) is 0 Å². The van der Waals surface area contributed by atoms with Crippen LogP contribution >= 0.6 is 0 Å². The Hall–Kier alpha value is -2.87. The predicted molar refractivity (Wildman–Crippen MR) is 97.4 cm³/mol. The number of aromatic nitrogens is 5. The van der Waals surface area contributed by atoms with Crippen molar-refractivity contribution in [1.82, 2.24) is 24.5 Å². The Bertz CT molecular complexity index is 1020. The zero-order valence-corrected chi connectivity index (χ0v) is 15.5. The molecule has 0 radical (unpaired) electrons. The lowest BCUT2D eigenvalue weighted by molar-refractivity contribution is 0.162.